The van der Waals surface area contributed by atoms with E-state index in [1.807, 2.05) is 19.1 Å². The van der Waals surface area contributed by atoms with E-state index in [1.54, 1.807) is 6.26 Å². The summed E-state index contributed by atoms with van der Waals surface area (Å²) in [4.78, 5) is 0. The Hall–Kier alpha value is -0.800. The average molecular weight is 197 g/mol. The summed E-state index contributed by atoms with van der Waals surface area (Å²) in [6, 6.07) is 4.07. The number of nitrogens with one attached hydrogen (secondary N) is 1. The van der Waals surface area contributed by atoms with Crippen molar-refractivity contribution in [3.8, 4) is 0 Å². The zero-order valence-corrected chi connectivity index (χ0v) is 8.95. The van der Waals surface area contributed by atoms with Crippen molar-refractivity contribution in [1.29, 1.82) is 0 Å². The molecule has 1 aromatic heterocycles. The molecule has 0 aliphatic heterocycles. The molecule has 0 fully saturated rings. The Kier molecular flexibility index (Phi) is 5.33. The molecule has 0 bridgehead atoms. The van der Waals surface area contributed by atoms with Crippen LogP contribution in [0.1, 0.15) is 32.1 Å². The highest BCUT2D eigenvalue weighted by Crippen LogP contribution is 2.13. The van der Waals surface area contributed by atoms with Gasteiger partial charge in [0.05, 0.1) is 18.9 Å². The van der Waals surface area contributed by atoms with E-state index in [0.717, 1.165) is 25.3 Å². The molecular weight excluding hydrogens is 178 g/mol. The summed E-state index contributed by atoms with van der Waals surface area (Å²) >= 11 is 0. The molecule has 1 aromatic rings. The molecule has 1 N–H and O–H groups in total. The summed E-state index contributed by atoms with van der Waals surface area (Å²) in [5.41, 5.74) is 0. The minimum atomic E-state index is 0.185. The Morgan fingerprint density at radius 1 is 1.50 bits per heavy atom. The molecule has 0 aliphatic carbocycles. The Labute approximate surface area is 85.4 Å². The van der Waals surface area contributed by atoms with E-state index in [2.05, 4.69) is 12.2 Å². The van der Waals surface area contributed by atoms with Gasteiger partial charge in [-0.15, -0.1) is 0 Å². The van der Waals surface area contributed by atoms with Crippen LogP contribution in [0, 0.1) is 0 Å². The van der Waals surface area contributed by atoms with Crippen LogP contribution in [0.3, 0.4) is 0 Å². The van der Waals surface area contributed by atoms with Gasteiger partial charge in [-0.1, -0.05) is 6.92 Å². The fourth-order valence-corrected chi connectivity index (χ4v) is 1.29. The van der Waals surface area contributed by atoms with E-state index in [4.69, 9.17) is 9.15 Å². The first-order valence-corrected chi connectivity index (χ1v) is 5.23. The highest BCUT2D eigenvalue weighted by atomic mass is 16.5. The predicted octanol–water partition coefficient (Wildman–Crippen LogP) is 2.36. The van der Waals surface area contributed by atoms with E-state index < -0.39 is 0 Å². The second-order valence-electron chi connectivity index (χ2n) is 3.18. The van der Waals surface area contributed by atoms with Crippen LogP contribution in [0.2, 0.25) is 0 Å². The van der Waals surface area contributed by atoms with Crippen molar-refractivity contribution in [1.82, 2.24) is 5.32 Å². The lowest BCUT2D eigenvalue weighted by atomic mass is 10.2. The zero-order chi connectivity index (χ0) is 10.2. The molecule has 3 heteroatoms. The summed E-state index contributed by atoms with van der Waals surface area (Å²) < 4.78 is 10.7. The van der Waals surface area contributed by atoms with Crippen LogP contribution in [0.25, 0.3) is 0 Å². The van der Waals surface area contributed by atoms with E-state index in [-0.39, 0.29) is 6.04 Å². The minimum Gasteiger partial charge on any atom is -0.468 e. The number of ether oxygens (including phenoxy) is 1. The maximum absolute atomic E-state index is 5.39. The standard InChI is InChI=1S/C11H19NO2/c1-3-7-12-10(9-13-4-2)11-6-5-8-14-11/h5-6,8,10,12H,3-4,7,9H2,1-2H3. The van der Waals surface area contributed by atoms with Gasteiger partial charge >= 0.3 is 0 Å². The maximum atomic E-state index is 5.39. The molecule has 80 valence electrons. The Morgan fingerprint density at radius 3 is 2.93 bits per heavy atom. The van der Waals surface area contributed by atoms with Gasteiger partial charge in [0.15, 0.2) is 0 Å². The van der Waals surface area contributed by atoms with E-state index in [9.17, 15) is 0 Å². The fourth-order valence-electron chi connectivity index (χ4n) is 1.29. The molecule has 0 spiro atoms. The first kappa shape index (κ1) is 11.3. The Bertz CT molecular complexity index is 213. The summed E-state index contributed by atoms with van der Waals surface area (Å²) in [5.74, 6) is 0.951. The quantitative estimate of drug-likeness (QED) is 0.728. The molecule has 1 unspecified atom stereocenters. The van der Waals surface area contributed by atoms with Gasteiger partial charge in [-0.2, -0.15) is 0 Å². The van der Waals surface area contributed by atoms with Gasteiger partial charge in [-0.3, -0.25) is 0 Å². The third kappa shape index (κ3) is 3.52. The molecule has 1 rings (SSSR count). The zero-order valence-electron chi connectivity index (χ0n) is 8.95. The van der Waals surface area contributed by atoms with Gasteiger partial charge in [0.1, 0.15) is 5.76 Å². The smallest absolute Gasteiger partial charge is 0.123 e. The van der Waals surface area contributed by atoms with Crippen molar-refractivity contribution < 1.29 is 9.15 Å². The van der Waals surface area contributed by atoms with Crippen LogP contribution in [-0.4, -0.2) is 19.8 Å². The van der Waals surface area contributed by atoms with Crippen molar-refractivity contribution in [2.45, 2.75) is 26.3 Å². The van der Waals surface area contributed by atoms with Gasteiger partial charge in [-0.25, -0.2) is 0 Å². The molecule has 0 saturated heterocycles. The Morgan fingerprint density at radius 2 is 2.36 bits per heavy atom. The molecule has 0 saturated carbocycles. The average Bonchev–Trinajstić information content (AvgIpc) is 2.71. The van der Waals surface area contributed by atoms with E-state index in [1.165, 1.54) is 0 Å². The Balaban J connectivity index is 2.44. The lowest BCUT2D eigenvalue weighted by Gasteiger charge is -2.15. The second kappa shape index (κ2) is 6.62. The summed E-state index contributed by atoms with van der Waals surface area (Å²) in [6.07, 6.45) is 2.81. The number of rotatable bonds is 7. The normalized spacial score (nSPS) is 13.0. The SMILES string of the molecule is CCCNC(COCC)c1ccco1. The summed E-state index contributed by atoms with van der Waals surface area (Å²) in [7, 11) is 0. The molecule has 1 atom stereocenters. The van der Waals surface area contributed by atoms with Crippen molar-refractivity contribution >= 4 is 0 Å². The van der Waals surface area contributed by atoms with Crippen molar-refractivity contribution in [2.75, 3.05) is 19.8 Å². The van der Waals surface area contributed by atoms with Crippen molar-refractivity contribution in [3.63, 3.8) is 0 Å². The molecule has 0 radical (unpaired) electrons. The highest BCUT2D eigenvalue weighted by molar-refractivity contribution is 5.04. The van der Waals surface area contributed by atoms with Gasteiger partial charge in [0.2, 0.25) is 0 Å². The van der Waals surface area contributed by atoms with Crippen LogP contribution in [0.5, 0.6) is 0 Å². The molecule has 0 aromatic carbocycles. The summed E-state index contributed by atoms with van der Waals surface area (Å²) in [6.45, 7) is 6.54. The molecular formula is C11H19NO2. The second-order valence-corrected chi connectivity index (χ2v) is 3.18. The number of hydrogen-bond donors (Lipinski definition) is 1. The molecule has 1 heterocycles. The fraction of sp³-hybridized carbons (Fsp3) is 0.636. The van der Waals surface area contributed by atoms with Gasteiger partial charge in [-0.05, 0) is 32.0 Å². The first-order valence-electron chi connectivity index (χ1n) is 5.23. The van der Waals surface area contributed by atoms with Crippen LogP contribution >= 0.6 is 0 Å². The van der Waals surface area contributed by atoms with Crippen LogP contribution in [0.4, 0.5) is 0 Å². The largest absolute Gasteiger partial charge is 0.468 e. The van der Waals surface area contributed by atoms with Crippen LogP contribution in [-0.2, 0) is 4.74 Å². The predicted molar refractivity (Wildman–Crippen MR) is 56.2 cm³/mol. The maximum Gasteiger partial charge on any atom is 0.123 e. The third-order valence-electron chi connectivity index (χ3n) is 2.02. The molecule has 0 amide bonds. The molecule has 14 heavy (non-hydrogen) atoms. The van der Waals surface area contributed by atoms with Crippen LogP contribution in [0.15, 0.2) is 22.8 Å². The van der Waals surface area contributed by atoms with Crippen LogP contribution < -0.4 is 5.32 Å². The third-order valence-corrected chi connectivity index (χ3v) is 2.02. The van der Waals surface area contributed by atoms with Gasteiger partial charge in [0, 0.05) is 6.61 Å². The van der Waals surface area contributed by atoms with Gasteiger partial charge < -0.3 is 14.5 Å². The van der Waals surface area contributed by atoms with E-state index in [0.29, 0.717) is 6.61 Å². The molecule has 3 nitrogen and oxygen atoms in total. The van der Waals surface area contributed by atoms with E-state index >= 15 is 0 Å². The monoisotopic (exact) mass is 197 g/mol. The minimum absolute atomic E-state index is 0.185. The summed E-state index contributed by atoms with van der Waals surface area (Å²) in [5, 5.41) is 3.39. The number of furan rings is 1. The van der Waals surface area contributed by atoms with Crippen molar-refractivity contribution in [3.05, 3.63) is 24.2 Å². The van der Waals surface area contributed by atoms with Gasteiger partial charge in [0.25, 0.3) is 0 Å². The molecule has 0 aliphatic rings. The lowest BCUT2D eigenvalue weighted by Crippen LogP contribution is -2.25. The number of hydrogen-bond acceptors (Lipinski definition) is 3. The lowest BCUT2D eigenvalue weighted by molar-refractivity contribution is 0.116. The van der Waals surface area contributed by atoms with Crippen molar-refractivity contribution in [2.24, 2.45) is 0 Å². The topological polar surface area (TPSA) is 34.4 Å². The highest BCUT2D eigenvalue weighted by Gasteiger charge is 2.12. The first-order chi connectivity index (χ1) is 6.88.